The minimum atomic E-state index is -0.0773. The van der Waals surface area contributed by atoms with Gasteiger partial charge in [0.05, 0.1) is 12.7 Å². The lowest BCUT2D eigenvalue weighted by Crippen LogP contribution is -2.14. The van der Waals surface area contributed by atoms with Crippen LogP contribution in [0, 0.1) is 6.92 Å². The Labute approximate surface area is 162 Å². The van der Waals surface area contributed by atoms with E-state index in [0.717, 1.165) is 46.4 Å². The highest BCUT2D eigenvalue weighted by Gasteiger charge is 2.17. The standard InChI is InChI=1S/C22H20N4O2/c1-13-23-22(26-25-13)16-6-3-7-18(8-16)24-21(27)11-17-12-28-20-10-15-5-2-4-14(15)9-19(17)20/h3,6-10,12H,2,4-5,11H2,1H3,(H,24,27)(H,23,25,26). The predicted molar refractivity (Wildman–Crippen MR) is 107 cm³/mol. The number of amides is 1. The van der Waals surface area contributed by atoms with Gasteiger partial charge in [-0.05, 0) is 61.6 Å². The van der Waals surface area contributed by atoms with Crippen molar-refractivity contribution in [2.75, 3.05) is 5.32 Å². The van der Waals surface area contributed by atoms with Gasteiger partial charge < -0.3 is 9.73 Å². The van der Waals surface area contributed by atoms with E-state index < -0.39 is 0 Å². The topological polar surface area (TPSA) is 83.8 Å². The Hall–Kier alpha value is -3.41. The van der Waals surface area contributed by atoms with Crippen LogP contribution in [0.1, 0.15) is 28.9 Å². The van der Waals surface area contributed by atoms with Gasteiger partial charge in [-0.15, -0.1) is 0 Å². The molecule has 1 aliphatic rings. The normalized spacial score (nSPS) is 13.0. The van der Waals surface area contributed by atoms with Gasteiger partial charge in [-0.1, -0.05) is 12.1 Å². The summed E-state index contributed by atoms with van der Waals surface area (Å²) < 4.78 is 5.70. The minimum Gasteiger partial charge on any atom is -0.464 e. The Morgan fingerprint density at radius 3 is 2.89 bits per heavy atom. The molecule has 0 saturated heterocycles. The highest BCUT2D eigenvalue weighted by Crippen LogP contribution is 2.30. The van der Waals surface area contributed by atoms with Crippen molar-refractivity contribution in [2.45, 2.75) is 32.6 Å². The molecule has 2 aromatic heterocycles. The van der Waals surface area contributed by atoms with E-state index in [2.05, 4.69) is 32.6 Å². The molecule has 0 radical (unpaired) electrons. The molecule has 5 rings (SSSR count). The molecule has 6 nitrogen and oxygen atoms in total. The second-order valence-corrected chi connectivity index (χ2v) is 7.28. The van der Waals surface area contributed by atoms with Crippen LogP contribution in [-0.4, -0.2) is 21.1 Å². The minimum absolute atomic E-state index is 0.0773. The summed E-state index contributed by atoms with van der Waals surface area (Å²) in [5, 5.41) is 11.0. The van der Waals surface area contributed by atoms with Gasteiger partial charge >= 0.3 is 0 Å². The summed E-state index contributed by atoms with van der Waals surface area (Å²) in [6, 6.07) is 11.9. The lowest BCUT2D eigenvalue weighted by Gasteiger charge is -2.06. The third kappa shape index (κ3) is 3.07. The quantitative estimate of drug-likeness (QED) is 0.562. The Balaban J connectivity index is 1.35. The van der Waals surface area contributed by atoms with Crippen molar-refractivity contribution in [3.63, 3.8) is 0 Å². The average molecular weight is 372 g/mol. The SMILES string of the molecule is Cc1nc(-c2cccc(NC(=O)Cc3coc4cc5c(cc34)CCC5)c2)n[nH]1. The van der Waals surface area contributed by atoms with Gasteiger partial charge in [-0.2, -0.15) is 5.10 Å². The van der Waals surface area contributed by atoms with Gasteiger partial charge in [0.15, 0.2) is 5.82 Å². The molecule has 2 aromatic carbocycles. The summed E-state index contributed by atoms with van der Waals surface area (Å²) in [7, 11) is 0. The van der Waals surface area contributed by atoms with Crippen LogP contribution in [-0.2, 0) is 24.1 Å². The molecule has 0 fully saturated rings. The number of furan rings is 1. The van der Waals surface area contributed by atoms with Crippen molar-refractivity contribution < 1.29 is 9.21 Å². The van der Waals surface area contributed by atoms with Crippen LogP contribution >= 0.6 is 0 Å². The second-order valence-electron chi connectivity index (χ2n) is 7.28. The molecule has 0 bridgehead atoms. The first-order chi connectivity index (χ1) is 13.7. The highest BCUT2D eigenvalue weighted by atomic mass is 16.3. The zero-order valence-corrected chi connectivity index (χ0v) is 15.6. The maximum absolute atomic E-state index is 12.6. The number of aromatic nitrogens is 3. The van der Waals surface area contributed by atoms with Gasteiger partial charge in [0.2, 0.25) is 5.91 Å². The predicted octanol–water partition coefficient (Wildman–Crippen LogP) is 4.20. The third-order valence-corrected chi connectivity index (χ3v) is 5.22. The monoisotopic (exact) mass is 372 g/mol. The van der Waals surface area contributed by atoms with E-state index in [9.17, 15) is 4.79 Å². The molecule has 140 valence electrons. The molecule has 28 heavy (non-hydrogen) atoms. The maximum Gasteiger partial charge on any atom is 0.228 e. The number of fused-ring (bicyclic) bond motifs is 2. The Kier molecular flexibility index (Phi) is 3.97. The van der Waals surface area contributed by atoms with Crippen molar-refractivity contribution in [1.29, 1.82) is 0 Å². The van der Waals surface area contributed by atoms with Gasteiger partial charge in [0.25, 0.3) is 0 Å². The van der Waals surface area contributed by atoms with E-state index in [1.54, 1.807) is 6.26 Å². The number of hydrogen-bond acceptors (Lipinski definition) is 4. The van der Waals surface area contributed by atoms with E-state index in [1.165, 1.54) is 17.5 Å². The van der Waals surface area contributed by atoms with E-state index >= 15 is 0 Å². The van der Waals surface area contributed by atoms with Gasteiger partial charge in [0, 0.05) is 22.2 Å². The lowest BCUT2D eigenvalue weighted by atomic mass is 10.0. The molecular weight excluding hydrogens is 352 g/mol. The van der Waals surface area contributed by atoms with Crippen LogP contribution in [0.25, 0.3) is 22.4 Å². The first-order valence-electron chi connectivity index (χ1n) is 9.47. The molecule has 0 aliphatic heterocycles. The zero-order valence-electron chi connectivity index (χ0n) is 15.6. The molecule has 1 aliphatic carbocycles. The fraction of sp³-hybridized carbons (Fsp3) is 0.227. The summed E-state index contributed by atoms with van der Waals surface area (Å²) in [4.78, 5) is 17.0. The Morgan fingerprint density at radius 2 is 2.07 bits per heavy atom. The summed E-state index contributed by atoms with van der Waals surface area (Å²) >= 11 is 0. The molecule has 0 saturated carbocycles. The number of carbonyl (C=O) groups is 1. The molecule has 1 amide bonds. The smallest absolute Gasteiger partial charge is 0.228 e. The largest absolute Gasteiger partial charge is 0.464 e. The lowest BCUT2D eigenvalue weighted by molar-refractivity contribution is -0.115. The molecule has 2 heterocycles. The number of nitrogens with one attached hydrogen (secondary N) is 2. The molecule has 0 atom stereocenters. The summed E-state index contributed by atoms with van der Waals surface area (Å²) in [5.74, 6) is 1.29. The van der Waals surface area contributed by atoms with Crippen LogP contribution in [0.3, 0.4) is 0 Å². The number of rotatable bonds is 4. The number of aryl methyl sites for hydroxylation is 3. The van der Waals surface area contributed by atoms with Crippen LogP contribution in [0.5, 0.6) is 0 Å². The van der Waals surface area contributed by atoms with Crippen molar-refractivity contribution in [3.05, 3.63) is 65.2 Å². The van der Waals surface area contributed by atoms with Gasteiger partial charge in [0.1, 0.15) is 11.4 Å². The Morgan fingerprint density at radius 1 is 1.21 bits per heavy atom. The average Bonchev–Trinajstić information content (AvgIpc) is 3.40. The number of hydrogen-bond donors (Lipinski definition) is 2. The third-order valence-electron chi connectivity index (χ3n) is 5.22. The van der Waals surface area contributed by atoms with E-state index in [4.69, 9.17) is 4.42 Å². The number of anilines is 1. The zero-order chi connectivity index (χ0) is 19.1. The number of benzene rings is 2. The summed E-state index contributed by atoms with van der Waals surface area (Å²) in [5.41, 5.74) is 6.11. The summed E-state index contributed by atoms with van der Waals surface area (Å²) in [6.45, 7) is 1.85. The second kappa shape index (κ2) is 6.64. The fourth-order valence-electron chi connectivity index (χ4n) is 3.87. The molecule has 0 spiro atoms. The van der Waals surface area contributed by atoms with Crippen molar-refractivity contribution in [2.24, 2.45) is 0 Å². The van der Waals surface area contributed by atoms with Crippen LogP contribution in [0.4, 0.5) is 5.69 Å². The van der Waals surface area contributed by atoms with Crippen LogP contribution < -0.4 is 5.32 Å². The first-order valence-corrected chi connectivity index (χ1v) is 9.47. The fourth-order valence-corrected chi connectivity index (χ4v) is 3.87. The molecule has 2 N–H and O–H groups in total. The van der Waals surface area contributed by atoms with Crippen molar-refractivity contribution in [3.8, 4) is 11.4 Å². The number of carbonyl (C=O) groups excluding carboxylic acids is 1. The highest BCUT2D eigenvalue weighted by molar-refractivity contribution is 5.96. The molecule has 6 heteroatoms. The molecule has 4 aromatic rings. The number of aromatic amines is 1. The van der Waals surface area contributed by atoms with Gasteiger partial charge in [-0.3, -0.25) is 9.89 Å². The van der Waals surface area contributed by atoms with E-state index in [-0.39, 0.29) is 12.3 Å². The maximum atomic E-state index is 12.6. The van der Waals surface area contributed by atoms with Crippen LogP contribution in [0.2, 0.25) is 0 Å². The molecule has 0 unspecified atom stereocenters. The Bertz CT molecular complexity index is 1190. The van der Waals surface area contributed by atoms with Gasteiger partial charge in [-0.25, -0.2) is 4.98 Å². The van der Waals surface area contributed by atoms with E-state index in [1.807, 2.05) is 31.2 Å². The summed E-state index contributed by atoms with van der Waals surface area (Å²) in [6.07, 6.45) is 5.39. The van der Waals surface area contributed by atoms with Crippen LogP contribution in [0.15, 0.2) is 47.1 Å². The van der Waals surface area contributed by atoms with Crippen molar-refractivity contribution in [1.82, 2.24) is 15.2 Å². The molecular formula is C22H20N4O2. The number of nitrogens with zero attached hydrogens (tertiary/aromatic N) is 2. The first kappa shape index (κ1) is 16.7. The van der Waals surface area contributed by atoms with Crippen molar-refractivity contribution >= 4 is 22.6 Å². The number of H-pyrrole nitrogens is 1. The van der Waals surface area contributed by atoms with E-state index in [0.29, 0.717) is 5.82 Å².